The summed E-state index contributed by atoms with van der Waals surface area (Å²) in [7, 11) is 0. The molecule has 4 atom stereocenters. The van der Waals surface area contributed by atoms with Gasteiger partial charge in [-0.1, -0.05) is 20.8 Å². The zero-order valence-electron chi connectivity index (χ0n) is 12.7. The number of ether oxygens (including phenoxy) is 1. The summed E-state index contributed by atoms with van der Waals surface area (Å²) in [6.07, 6.45) is 1.88. The molecule has 2 rings (SSSR count). The number of amides is 1. The van der Waals surface area contributed by atoms with Gasteiger partial charge in [0.2, 0.25) is 5.91 Å². The minimum absolute atomic E-state index is 0.0211. The number of nitrogens with zero attached hydrogens (tertiary/aromatic N) is 1. The smallest absolute Gasteiger partial charge is 0.226 e. The number of hydrogen-bond acceptors (Lipinski definition) is 3. The van der Waals surface area contributed by atoms with E-state index in [0.29, 0.717) is 25.0 Å². The second kappa shape index (κ2) is 5.41. The zero-order chi connectivity index (χ0) is 14.2. The summed E-state index contributed by atoms with van der Waals surface area (Å²) >= 11 is 0. The maximum Gasteiger partial charge on any atom is 0.226 e. The molecular formula is C15H28N2O2. The van der Waals surface area contributed by atoms with Crippen molar-refractivity contribution < 1.29 is 9.53 Å². The van der Waals surface area contributed by atoms with Crippen molar-refractivity contribution in [3.63, 3.8) is 0 Å². The summed E-state index contributed by atoms with van der Waals surface area (Å²) in [5, 5.41) is 0. The van der Waals surface area contributed by atoms with Crippen LogP contribution in [0.4, 0.5) is 0 Å². The lowest BCUT2D eigenvalue weighted by Gasteiger charge is -2.48. The number of hydrogen-bond donors (Lipinski definition) is 1. The minimum atomic E-state index is -0.0211. The summed E-state index contributed by atoms with van der Waals surface area (Å²) in [6, 6.07) is 0.420. The van der Waals surface area contributed by atoms with Crippen molar-refractivity contribution in [2.24, 2.45) is 23.0 Å². The first-order chi connectivity index (χ1) is 8.85. The number of morpholine rings is 1. The van der Waals surface area contributed by atoms with Gasteiger partial charge >= 0.3 is 0 Å². The molecule has 4 heteroatoms. The first kappa shape index (κ1) is 14.8. The standard InChI is InChI=1S/C15H28N2O2/c1-10-9-19-8-7-17(10)14(18)12-5-6-13(16)11(2)15(12,3)4/h10-13H,5-9,16H2,1-4H3/t10-,11?,12?,13?/m1/s1. The van der Waals surface area contributed by atoms with Crippen LogP contribution in [0.1, 0.15) is 40.5 Å². The average Bonchev–Trinajstić information content (AvgIpc) is 2.36. The van der Waals surface area contributed by atoms with E-state index < -0.39 is 0 Å². The van der Waals surface area contributed by atoms with Crippen molar-refractivity contribution >= 4 is 5.91 Å². The number of nitrogens with two attached hydrogens (primary N) is 1. The van der Waals surface area contributed by atoms with E-state index >= 15 is 0 Å². The quantitative estimate of drug-likeness (QED) is 0.786. The topological polar surface area (TPSA) is 55.6 Å². The number of carbonyl (C=O) groups is 1. The highest BCUT2D eigenvalue weighted by atomic mass is 16.5. The van der Waals surface area contributed by atoms with E-state index in [9.17, 15) is 4.79 Å². The van der Waals surface area contributed by atoms with Gasteiger partial charge in [-0.25, -0.2) is 0 Å². The van der Waals surface area contributed by atoms with Crippen LogP contribution in [0.2, 0.25) is 0 Å². The van der Waals surface area contributed by atoms with Crippen LogP contribution in [0.15, 0.2) is 0 Å². The van der Waals surface area contributed by atoms with Gasteiger partial charge < -0.3 is 15.4 Å². The Morgan fingerprint density at radius 1 is 1.32 bits per heavy atom. The van der Waals surface area contributed by atoms with Crippen molar-refractivity contribution in [1.82, 2.24) is 4.90 Å². The fourth-order valence-corrected chi connectivity index (χ4v) is 3.55. The number of rotatable bonds is 1. The van der Waals surface area contributed by atoms with E-state index in [-0.39, 0.29) is 23.4 Å². The molecule has 0 spiro atoms. The molecule has 0 radical (unpaired) electrons. The van der Waals surface area contributed by atoms with Crippen LogP contribution < -0.4 is 5.73 Å². The Bertz CT molecular complexity index is 343. The van der Waals surface area contributed by atoms with Crippen LogP contribution in [0.25, 0.3) is 0 Å². The first-order valence-corrected chi connectivity index (χ1v) is 7.49. The molecule has 0 aromatic rings. The maximum atomic E-state index is 12.9. The van der Waals surface area contributed by atoms with Gasteiger partial charge in [-0.15, -0.1) is 0 Å². The van der Waals surface area contributed by atoms with Gasteiger partial charge in [0, 0.05) is 18.5 Å². The van der Waals surface area contributed by atoms with Gasteiger partial charge in [-0.3, -0.25) is 4.79 Å². The van der Waals surface area contributed by atoms with E-state index in [0.717, 1.165) is 19.4 Å². The minimum Gasteiger partial charge on any atom is -0.377 e. The van der Waals surface area contributed by atoms with Crippen LogP contribution in [0.5, 0.6) is 0 Å². The van der Waals surface area contributed by atoms with Crippen molar-refractivity contribution in [2.45, 2.75) is 52.6 Å². The van der Waals surface area contributed by atoms with Gasteiger partial charge in [0.25, 0.3) is 0 Å². The fourth-order valence-electron chi connectivity index (χ4n) is 3.55. The molecule has 1 heterocycles. The Hall–Kier alpha value is -0.610. The van der Waals surface area contributed by atoms with Crippen molar-refractivity contribution in [3.05, 3.63) is 0 Å². The van der Waals surface area contributed by atoms with E-state index in [1.54, 1.807) is 0 Å². The predicted octanol–water partition coefficient (Wildman–Crippen LogP) is 1.63. The monoisotopic (exact) mass is 268 g/mol. The summed E-state index contributed by atoms with van der Waals surface area (Å²) < 4.78 is 5.43. The van der Waals surface area contributed by atoms with Crippen molar-refractivity contribution in [2.75, 3.05) is 19.8 Å². The van der Waals surface area contributed by atoms with Crippen LogP contribution in [0.3, 0.4) is 0 Å². The number of carbonyl (C=O) groups excluding carboxylic acids is 1. The molecule has 1 aliphatic heterocycles. The molecule has 1 aliphatic carbocycles. The van der Waals surface area contributed by atoms with Crippen LogP contribution in [0, 0.1) is 17.3 Å². The second-order valence-corrected chi connectivity index (χ2v) is 6.86. The molecule has 2 fully saturated rings. The van der Waals surface area contributed by atoms with Crippen LogP contribution in [-0.2, 0) is 9.53 Å². The lowest BCUT2D eigenvalue weighted by Crippen LogP contribution is -2.56. The molecule has 110 valence electrons. The Morgan fingerprint density at radius 3 is 2.63 bits per heavy atom. The molecular weight excluding hydrogens is 240 g/mol. The van der Waals surface area contributed by atoms with Crippen LogP contribution in [-0.4, -0.2) is 42.6 Å². The zero-order valence-corrected chi connectivity index (χ0v) is 12.7. The molecule has 0 aromatic carbocycles. The average molecular weight is 268 g/mol. The van der Waals surface area contributed by atoms with Crippen molar-refractivity contribution in [1.29, 1.82) is 0 Å². The first-order valence-electron chi connectivity index (χ1n) is 7.49. The normalized spacial score (nSPS) is 39.1. The molecule has 2 N–H and O–H groups in total. The highest BCUT2D eigenvalue weighted by molar-refractivity contribution is 5.80. The Morgan fingerprint density at radius 2 is 2.00 bits per heavy atom. The lowest BCUT2D eigenvalue weighted by atomic mass is 9.60. The third-order valence-electron chi connectivity index (χ3n) is 5.45. The SMILES string of the molecule is CC1C(N)CCC(C(=O)N2CCOC[C@H]2C)C1(C)C. The van der Waals surface area contributed by atoms with E-state index in [1.807, 2.05) is 4.90 Å². The third kappa shape index (κ3) is 2.65. The van der Waals surface area contributed by atoms with Crippen molar-refractivity contribution in [3.8, 4) is 0 Å². The van der Waals surface area contributed by atoms with Gasteiger partial charge in [-0.05, 0) is 31.1 Å². The van der Waals surface area contributed by atoms with Gasteiger partial charge in [-0.2, -0.15) is 0 Å². The second-order valence-electron chi connectivity index (χ2n) is 6.86. The predicted molar refractivity (Wildman–Crippen MR) is 75.6 cm³/mol. The van der Waals surface area contributed by atoms with E-state index in [2.05, 4.69) is 27.7 Å². The molecule has 2 aliphatic rings. The third-order valence-corrected chi connectivity index (χ3v) is 5.45. The molecule has 1 saturated heterocycles. The molecule has 3 unspecified atom stereocenters. The van der Waals surface area contributed by atoms with Crippen LogP contribution >= 0.6 is 0 Å². The van der Waals surface area contributed by atoms with Gasteiger partial charge in [0.1, 0.15) is 0 Å². The Balaban J connectivity index is 2.14. The maximum absolute atomic E-state index is 12.9. The molecule has 1 saturated carbocycles. The highest BCUT2D eigenvalue weighted by Crippen LogP contribution is 2.45. The molecule has 1 amide bonds. The fraction of sp³-hybridized carbons (Fsp3) is 0.933. The Labute approximate surface area is 116 Å². The van der Waals surface area contributed by atoms with Gasteiger partial charge in [0.05, 0.1) is 19.3 Å². The largest absolute Gasteiger partial charge is 0.377 e. The van der Waals surface area contributed by atoms with E-state index in [4.69, 9.17) is 10.5 Å². The molecule has 0 aromatic heterocycles. The summed E-state index contributed by atoms with van der Waals surface area (Å²) in [5.41, 5.74) is 6.16. The van der Waals surface area contributed by atoms with E-state index in [1.165, 1.54) is 0 Å². The Kier molecular flexibility index (Phi) is 4.21. The highest BCUT2D eigenvalue weighted by Gasteiger charge is 2.46. The molecule has 19 heavy (non-hydrogen) atoms. The summed E-state index contributed by atoms with van der Waals surface area (Å²) in [5.74, 6) is 0.786. The van der Waals surface area contributed by atoms with Gasteiger partial charge in [0.15, 0.2) is 0 Å². The molecule has 4 nitrogen and oxygen atoms in total. The summed E-state index contributed by atoms with van der Waals surface area (Å²) in [4.78, 5) is 14.9. The molecule has 0 bridgehead atoms. The summed E-state index contributed by atoms with van der Waals surface area (Å²) in [6.45, 7) is 10.7. The lowest BCUT2D eigenvalue weighted by molar-refractivity contribution is -0.151.